The maximum absolute atomic E-state index is 13.6. The largest absolute Gasteiger partial charge is 0.465 e. The molecule has 1 aromatic heterocycles. The fourth-order valence-corrected chi connectivity index (χ4v) is 7.00. The zero-order valence-corrected chi connectivity index (χ0v) is 25.2. The molecule has 0 aliphatic carbocycles. The van der Waals surface area contributed by atoms with E-state index < -0.39 is 32.9 Å². The van der Waals surface area contributed by atoms with Crippen molar-refractivity contribution in [3.05, 3.63) is 42.0 Å². The standard InChI is InChI=1S/C27H37F2N5O4S2.H2O.2H2/c1-4-38-25(35)19-39(37)32-20-8-9-21(22(18-20)33-14-16-40(2,3)17-15-33)26(36)31-23-6-5-7-24(30-23)34-12-10-27(28,29)11-13-34;;;/h5-9,18,32H,4,10-17,19H2,1-3H3,(H,30,31,36);1H2;2*1H. The number of ether oxygens (including phenoxy) is 1. The summed E-state index contributed by atoms with van der Waals surface area (Å²) >= 11 is 0. The summed E-state index contributed by atoms with van der Waals surface area (Å²) in [5, 5.41) is 2.86. The van der Waals surface area contributed by atoms with Crippen molar-refractivity contribution in [3.8, 4) is 0 Å². The van der Waals surface area contributed by atoms with Gasteiger partial charge in [0.05, 0.1) is 17.9 Å². The minimum Gasteiger partial charge on any atom is -0.465 e. The van der Waals surface area contributed by atoms with Crippen molar-refractivity contribution in [2.75, 3.05) is 82.4 Å². The lowest BCUT2D eigenvalue weighted by molar-refractivity contribution is -0.139. The quantitative estimate of drug-likeness (QED) is 0.408. The molecule has 0 radical (unpaired) electrons. The van der Waals surface area contributed by atoms with Gasteiger partial charge in [-0.25, -0.2) is 28.0 Å². The van der Waals surface area contributed by atoms with Gasteiger partial charge in [-0.3, -0.25) is 9.59 Å². The van der Waals surface area contributed by atoms with Crippen LogP contribution in [0.1, 0.15) is 33.0 Å². The lowest BCUT2D eigenvalue weighted by atomic mass is 10.1. The molecule has 2 aliphatic heterocycles. The molecule has 14 heteroatoms. The summed E-state index contributed by atoms with van der Waals surface area (Å²) in [6.45, 7) is 3.86. The first kappa shape index (κ1) is 32.5. The van der Waals surface area contributed by atoms with Gasteiger partial charge in [-0.05, 0) is 61.3 Å². The topological polar surface area (TPSA) is 135 Å². The second kappa shape index (κ2) is 13.8. The van der Waals surface area contributed by atoms with E-state index in [0.717, 1.165) is 24.6 Å². The van der Waals surface area contributed by atoms with Crippen molar-refractivity contribution in [2.45, 2.75) is 25.7 Å². The van der Waals surface area contributed by atoms with Gasteiger partial charge in [0.15, 0.2) is 0 Å². The number of carbonyl (C=O) groups excluding carboxylic acids is 2. The highest BCUT2D eigenvalue weighted by molar-refractivity contribution is 8.32. The Labute approximate surface area is 246 Å². The van der Waals surface area contributed by atoms with Gasteiger partial charge in [-0.1, -0.05) is 6.07 Å². The van der Waals surface area contributed by atoms with E-state index in [1.165, 1.54) is 0 Å². The van der Waals surface area contributed by atoms with Crippen molar-refractivity contribution in [2.24, 2.45) is 0 Å². The molecule has 2 fully saturated rings. The number of pyridine rings is 1. The maximum Gasteiger partial charge on any atom is 0.320 e. The lowest BCUT2D eigenvalue weighted by Gasteiger charge is -2.42. The summed E-state index contributed by atoms with van der Waals surface area (Å²) in [5.74, 6) is -0.941. The Bertz CT molecular complexity index is 1260. The number of esters is 1. The molecule has 4 N–H and O–H groups in total. The van der Waals surface area contributed by atoms with Crippen LogP contribution in [0.3, 0.4) is 0 Å². The Morgan fingerprint density at radius 2 is 1.78 bits per heavy atom. The Kier molecular flexibility index (Phi) is 11.0. The van der Waals surface area contributed by atoms with E-state index in [2.05, 4.69) is 32.4 Å². The summed E-state index contributed by atoms with van der Waals surface area (Å²) in [5.41, 5.74) is 1.65. The molecule has 0 spiro atoms. The number of nitrogens with one attached hydrogen (secondary N) is 2. The van der Waals surface area contributed by atoms with Crippen LogP contribution in [0.15, 0.2) is 36.4 Å². The van der Waals surface area contributed by atoms with Crippen LogP contribution in [-0.4, -0.2) is 95.0 Å². The summed E-state index contributed by atoms with van der Waals surface area (Å²) in [4.78, 5) is 33.7. The predicted octanol–water partition coefficient (Wildman–Crippen LogP) is 3.76. The van der Waals surface area contributed by atoms with Gasteiger partial charge in [0.2, 0.25) is 0 Å². The fraction of sp³-hybridized carbons (Fsp3) is 0.519. The molecule has 232 valence electrons. The van der Waals surface area contributed by atoms with Crippen LogP contribution >= 0.6 is 10.0 Å². The molecule has 0 bridgehead atoms. The van der Waals surface area contributed by atoms with Crippen LogP contribution in [-0.2, 0) is 20.5 Å². The number of benzene rings is 1. The Morgan fingerprint density at radius 3 is 2.44 bits per heavy atom. The molecule has 1 aromatic carbocycles. The molecule has 3 heterocycles. The molecule has 2 aromatic rings. The van der Waals surface area contributed by atoms with E-state index in [-0.39, 0.29) is 52.5 Å². The number of aromatic nitrogens is 1. The number of alkyl halides is 2. The van der Waals surface area contributed by atoms with Gasteiger partial charge in [0, 0.05) is 47.6 Å². The smallest absolute Gasteiger partial charge is 0.320 e. The number of amides is 1. The normalized spacial score (nSPS) is 19.3. The first-order valence-corrected chi connectivity index (χ1v) is 17.3. The summed E-state index contributed by atoms with van der Waals surface area (Å²) in [6.07, 6.45) is 4.15. The fourth-order valence-electron chi connectivity index (χ4n) is 4.61. The van der Waals surface area contributed by atoms with Crippen molar-refractivity contribution in [1.29, 1.82) is 0 Å². The molecule has 4 rings (SSSR count). The minimum atomic E-state index is -2.66. The molecular weight excluding hydrogens is 576 g/mol. The van der Waals surface area contributed by atoms with Crippen LogP contribution in [0, 0.1) is 0 Å². The van der Waals surface area contributed by atoms with E-state index >= 15 is 0 Å². The van der Waals surface area contributed by atoms with Crippen molar-refractivity contribution >= 4 is 55.9 Å². The zero-order chi connectivity index (χ0) is 28.9. The van der Waals surface area contributed by atoms with Gasteiger partial charge in [0.1, 0.15) is 28.4 Å². The molecule has 0 saturated carbocycles. The van der Waals surface area contributed by atoms with Crippen molar-refractivity contribution in [1.82, 2.24) is 4.98 Å². The first-order chi connectivity index (χ1) is 18.9. The average molecular weight is 620 g/mol. The highest BCUT2D eigenvalue weighted by Crippen LogP contribution is 2.43. The van der Waals surface area contributed by atoms with Gasteiger partial charge in [-0.2, -0.15) is 0 Å². The van der Waals surface area contributed by atoms with Gasteiger partial charge in [0.25, 0.3) is 11.8 Å². The van der Waals surface area contributed by atoms with Crippen LogP contribution in [0.2, 0.25) is 0 Å². The Morgan fingerprint density at radius 1 is 1.10 bits per heavy atom. The number of rotatable bonds is 9. The third-order valence-electron chi connectivity index (χ3n) is 6.99. The number of piperidine rings is 1. The van der Waals surface area contributed by atoms with Gasteiger partial charge in [-0.15, -0.1) is 0 Å². The Hall–Kier alpha value is -2.97. The van der Waals surface area contributed by atoms with Crippen LogP contribution in [0.25, 0.3) is 0 Å². The minimum absolute atomic E-state index is 0. The molecule has 10 nitrogen and oxygen atoms in total. The molecule has 41 heavy (non-hydrogen) atoms. The maximum atomic E-state index is 13.6. The highest BCUT2D eigenvalue weighted by Gasteiger charge is 2.34. The Balaban J connectivity index is 0.00000308. The van der Waals surface area contributed by atoms with Gasteiger partial charge >= 0.3 is 5.97 Å². The van der Waals surface area contributed by atoms with E-state index in [9.17, 15) is 22.6 Å². The van der Waals surface area contributed by atoms with Crippen molar-refractivity contribution in [3.63, 3.8) is 0 Å². The number of carbonyl (C=O) groups is 2. The van der Waals surface area contributed by atoms with Crippen LogP contribution in [0.4, 0.5) is 31.8 Å². The zero-order valence-electron chi connectivity index (χ0n) is 23.6. The molecule has 2 aliphatic rings. The van der Waals surface area contributed by atoms with E-state index in [1.807, 2.05) is 0 Å². The second-order valence-electron chi connectivity index (χ2n) is 10.5. The van der Waals surface area contributed by atoms with E-state index in [0.29, 0.717) is 28.6 Å². The molecular formula is C27H43F2N5O5S2. The summed E-state index contributed by atoms with van der Waals surface area (Å²) < 4.78 is 47.4. The summed E-state index contributed by atoms with van der Waals surface area (Å²) in [7, 11) is -2.38. The summed E-state index contributed by atoms with van der Waals surface area (Å²) in [6, 6.07) is 10.3. The highest BCUT2D eigenvalue weighted by atomic mass is 32.3. The van der Waals surface area contributed by atoms with E-state index in [4.69, 9.17) is 4.74 Å². The number of halogens is 2. The van der Waals surface area contributed by atoms with Crippen LogP contribution in [0.5, 0.6) is 0 Å². The third kappa shape index (κ3) is 9.01. The monoisotopic (exact) mass is 619 g/mol. The second-order valence-corrected chi connectivity index (χ2v) is 16.0. The van der Waals surface area contributed by atoms with Crippen molar-refractivity contribution < 1.29 is 35.6 Å². The average Bonchev–Trinajstić information content (AvgIpc) is 2.89. The number of nitrogens with zero attached hydrogens (tertiary/aromatic N) is 3. The van der Waals surface area contributed by atoms with E-state index in [1.54, 1.807) is 48.2 Å². The molecule has 1 amide bonds. The number of hydrogen-bond acceptors (Lipinski definition) is 7. The third-order valence-corrected chi connectivity index (χ3v) is 10.5. The lowest BCUT2D eigenvalue weighted by Crippen LogP contribution is -2.39. The van der Waals surface area contributed by atoms with Crippen LogP contribution < -0.4 is 19.8 Å². The molecule has 1 unspecified atom stereocenters. The first-order valence-electron chi connectivity index (χ1n) is 13.2. The molecule has 1 atom stereocenters. The van der Waals surface area contributed by atoms with Gasteiger partial charge < -0.3 is 30.1 Å². The number of anilines is 4. The number of hydrogen-bond donors (Lipinski definition) is 2. The molecule has 2 saturated heterocycles. The SMILES string of the molecule is CCOC(=O)CS(=O)Nc1ccc(C(=O)Nc2cccc(N3CCC(F)(F)CC3)n2)c(N2CCS(C)(C)CC2)c1.O.[HH].[HH]. The predicted molar refractivity (Wildman–Crippen MR) is 168 cm³/mol.